The summed E-state index contributed by atoms with van der Waals surface area (Å²) in [6.07, 6.45) is 1.69. The third-order valence-corrected chi connectivity index (χ3v) is 5.33. The van der Waals surface area contributed by atoms with Gasteiger partial charge in [0.1, 0.15) is 0 Å². The largest absolute Gasteiger partial charge is 0.481 e. The quantitative estimate of drug-likeness (QED) is 0.843. The van der Waals surface area contributed by atoms with Crippen LogP contribution >= 0.6 is 0 Å². The van der Waals surface area contributed by atoms with Gasteiger partial charge in [-0.3, -0.25) is 14.4 Å². The van der Waals surface area contributed by atoms with Crippen molar-refractivity contribution >= 4 is 17.8 Å². The molecule has 1 saturated heterocycles. The van der Waals surface area contributed by atoms with Gasteiger partial charge in [-0.05, 0) is 18.4 Å². The maximum atomic E-state index is 12.3. The number of aliphatic carboxylic acids is 1. The minimum atomic E-state index is -0.914. The molecule has 24 heavy (non-hydrogen) atoms. The van der Waals surface area contributed by atoms with Crippen LogP contribution in [0, 0.1) is 11.8 Å². The second-order valence-corrected chi connectivity index (χ2v) is 7.06. The van der Waals surface area contributed by atoms with Crippen LogP contribution in [0.5, 0.6) is 0 Å². The number of rotatable bonds is 5. The summed E-state index contributed by atoms with van der Waals surface area (Å²) in [6.45, 7) is 0.531. The van der Waals surface area contributed by atoms with Crippen molar-refractivity contribution in [3.63, 3.8) is 0 Å². The Morgan fingerprint density at radius 1 is 1.12 bits per heavy atom. The first-order valence-corrected chi connectivity index (χ1v) is 8.42. The number of likely N-dealkylation sites (tertiary alicyclic amines) is 1. The Morgan fingerprint density at radius 2 is 1.88 bits per heavy atom. The van der Waals surface area contributed by atoms with Gasteiger partial charge >= 0.3 is 5.97 Å². The van der Waals surface area contributed by atoms with E-state index in [1.54, 1.807) is 0 Å². The van der Waals surface area contributed by atoms with Crippen LogP contribution in [0.2, 0.25) is 0 Å². The average molecular weight is 328 g/mol. The van der Waals surface area contributed by atoms with Crippen molar-refractivity contribution in [2.75, 3.05) is 6.54 Å². The lowest BCUT2D eigenvalue weighted by molar-refractivity contribution is -0.140. The predicted molar refractivity (Wildman–Crippen MR) is 85.1 cm³/mol. The van der Waals surface area contributed by atoms with Crippen molar-refractivity contribution in [3.05, 3.63) is 35.9 Å². The molecule has 0 radical (unpaired) electrons. The molecule has 3 aliphatic rings. The van der Waals surface area contributed by atoms with Crippen LogP contribution in [0.1, 0.15) is 30.7 Å². The molecule has 2 aliphatic carbocycles. The van der Waals surface area contributed by atoms with Crippen LogP contribution in [-0.4, -0.2) is 46.4 Å². The van der Waals surface area contributed by atoms with Gasteiger partial charge in [0.2, 0.25) is 11.8 Å². The third kappa shape index (κ3) is 2.77. The second kappa shape index (κ2) is 5.61. The first kappa shape index (κ1) is 15.2. The Bertz CT molecular complexity index is 690. The van der Waals surface area contributed by atoms with Crippen molar-refractivity contribution in [2.45, 2.75) is 37.3 Å². The zero-order valence-electron chi connectivity index (χ0n) is 13.2. The maximum Gasteiger partial charge on any atom is 0.307 e. The number of nitrogens with one attached hydrogen (secondary N) is 1. The summed E-state index contributed by atoms with van der Waals surface area (Å²) in [7, 11) is 0. The minimum absolute atomic E-state index is 0.0781. The number of carbonyl (C=O) groups is 3. The summed E-state index contributed by atoms with van der Waals surface area (Å²) in [5.74, 6) is -1.65. The SMILES string of the molecule is O=C(O)C1CC1C(=O)NC1CC(=O)N(C2CC2c2ccccc2)C1. The number of hydrogen-bond acceptors (Lipinski definition) is 3. The van der Waals surface area contributed by atoms with Gasteiger partial charge in [-0.15, -0.1) is 0 Å². The van der Waals surface area contributed by atoms with Gasteiger partial charge in [-0.2, -0.15) is 0 Å². The summed E-state index contributed by atoms with van der Waals surface area (Å²) in [5.41, 5.74) is 1.25. The molecule has 2 amide bonds. The maximum absolute atomic E-state index is 12.3. The molecule has 1 aliphatic heterocycles. The fourth-order valence-electron chi connectivity index (χ4n) is 3.80. The van der Waals surface area contributed by atoms with Gasteiger partial charge in [0, 0.05) is 24.9 Å². The van der Waals surface area contributed by atoms with E-state index in [9.17, 15) is 14.4 Å². The third-order valence-electron chi connectivity index (χ3n) is 5.33. The fraction of sp³-hybridized carbons (Fsp3) is 0.500. The summed E-state index contributed by atoms with van der Waals surface area (Å²) in [6, 6.07) is 10.2. The molecule has 126 valence electrons. The van der Waals surface area contributed by atoms with Crippen molar-refractivity contribution < 1.29 is 19.5 Å². The number of nitrogens with zero attached hydrogens (tertiary/aromatic N) is 1. The molecule has 1 aromatic carbocycles. The highest BCUT2D eigenvalue weighted by Gasteiger charge is 2.51. The first-order chi connectivity index (χ1) is 11.5. The molecular formula is C18H20N2O4. The topological polar surface area (TPSA) is 86.7 Å². The van der Waals surface area contributed by atoms with Gasteiger partial charge in [-0.1, -0.05) is 30.3 Å². The van der Waals surface area contributed by atoms with Gasteiger partial charge in [0.25, 0.3) is 0 Å². The molecule has 4 rings (SSSR count). The van der Waals surface area contributed by atoms with E-state index in [0.717, 1.165) is 6.42 Å². The van der Waals surface area contributed by atoms with Crippen molar-refractivity contribution in [1.29, 1.82) is 0 Å². The van der Waals surface area contributed by atoms with Crippen LogP contribution in [0.25, 0.3) is 0 Å². The number of carboxylic acid groups (broad SMARTS) is 1. The van der Waals surface area contributed by atoms with E-state index in [2.05, 4.69) is 17.4 Å². The van der Waals surface area contributed by atoms with Crippen LogP contribution < -0.4 is 5.32 Å². The lowest BCUT2D eigenvalue weighted by atomic mass is 10.1. The second-order valence-electron chi connectivity index (χ2n) is 7.06. The highest BCUT2D eigenvalue weighted by Crippen LogP contribution is 2.46. The van der Waals surface area contributed by atoms with E-state index in [-0.39, 0.29) is 23.9 Å². The van der Waals surface area contributed by atoms with E-state index in [0.29, 0.717) is 25.3 Å². The highest BCUT2D eigenvalue weighted by atomic mass is 16.4. The fourth-order valence-corrected chi connectivity index (χ4v) is 3.80. The highest BCUT2D eigenvalue weighted by molar-refractivity contribution is 5.90. The van der Waals surface area contributed by atoms with E-state index in [1.807, 2.05) is 23.1 Å². The molecular weight excluding hydrogens is 308 g/mol. The molecule has 6 heteroatoms. The smallest absolute Gasteiger partial charge is 0.307 e. The van der Waals surface area contributed by atoms with Crippen LogP contribution in [0.15, 0.2) is 30.3 Å². The Labute approximate surface area is 139 Å². The average Bonchev–Trinajstić information content (AvgIpc) is 3.46. The number of carbonyl (C=O) groups excluding carboxylic acids is 2. The minimum Gasteiger partial charge on any atom is -0.481 e. The summed E-state index contributed by atoms with van der Waals surface area (Å²) >= 11 is 0. The zero-order valence-corrected chi connectivity index (χ0v) is 13.2. The van der Waals surface area contributed by atoms with Crippen molar-refractivity contribution in [3.8, 4) is 0 Å². The van der Waals surface area contributed by atoms with Crippen LogP contribution in [0.3, 0.4) is 0 Å². The molecule has 0 spiro atoms. The molecule has 2 N–H and O–H groups in total. The lowest BCUT2D eigenvalue weighted by Gasteiger charge is -2.17. The van der Waals surface area contributed by atoms with E-state index >= 15 is 0 Å². The van der Waals surface area contributed by atoms with Crippen LogP contribution in [0.4, 0.5) is 0 Å². The first-order valence-electron chi connectivity index (χ1n) is 8.42. The Hall–Kier alpha value is -2.37. The normalized spacial score (nSPS) is 34.1. The van der Waals surface area contributed by atoms with Gasteiger partial charge in [0.05, 0.1) is 17.9 Å². The van der Waals surface area contributed by atoms with Crippen LogP contribution in [-0.2, 0) is 14.4 Å². The molecule has 5 unspecified atom stereocenters. The Kier molecular flexibility index (Phi) is 3.55. The molecule has 1 heterocycles. The lowest BCUT2D eigenvalue weighted by Crippen LogP contribution is -2.39. The van der Waals surface area contributed by atoms with Gasteiger partial charge < -0.3 is 15.3 Å². The van der Waals surface area contributed by atoms with Gasteiger partial charge in [-0.25, -0.2) is 0 Å². The summed E-state index contributed by atoms with van der Waals surface area (Å²) < 4.78 is 0. The number of benzene rings is 1. The molecule has 5 atom stereocenters. The Balaban J connectivity index is 1.32. The molecule has 1 aromatic rings. The Morgan fingerprint density at radius 3 is 2.54 bits per heavy atom. The van der Waals surface area contributed by atoms with E-state index < -0.39 is 17.8 Å². The summed E-state index contributed by atoms with van der Waals surface area (Å²) in [4.78, 5) is 37.0. The van der Waals surface area contributed by atoms with E-state index in [1.165, 1.54) is 5.56 Å². The predicted octanol–water partition coefficient (Wildman–Crippen LogP) is 0.980. The molecule has 0 bridgehead atoms. The molecule has 3 fully saturated rings. The van der Waals surface area contributed by atoms with Crippen molar-refractivity contribution in [1.82, 2.24) is 10.2 Å². The standard InChI is InChI=1S/C18H20N2O4/c21-16-6-11(19-17(22)13-7-14(13)18(23)24)9-20(16)15-8-12(15)10-4-2-1-3-5-10/h1-5,11-15H,6-9H2,(H,19,22)(H,23,24). The molecule has 0 aromatic heterocycles. The molecule has 2 saturated carbocycles. The summed E-state index contributed by atoms with van der Waals surface area (Å²) in [5, 5.41) is 11.8. The number of carboxylic acids is 1. The van der Waals surface area contributed by atoms with Gasteiger partial charge in [0.15, 0.2) is 0 Å². The number of hydrogen-bond donors (Lipinski definition) is 2. The molecule has 6 nitrogen and oxygen atoms in total. The van der Waals surface area contributed by atoms with E-state index in [4.69, 9.17) is 5.11 Å². The van der Waals surface area contributed by atoms with Crippen molar-refractivity contribution in [2.24, 2.45) is 11.8 Å². The monoisotopic (exact) mass is 328 g/mol. The zero-order chi connectivity index (χ0) is 16.8. The number of amides is 2.